The maximum atomic E-state index is 12.4. The third-order valence-electron chi connectivity index (χ3n) is 4.18. The fourth-order valence-corrected chi connectivity index (χ4v) is 4.95. The van der Waals surface area contributed by atoms with Crippen LogP contribution in [-0.4, -0.2) is 42.4 Å². The summed E-state index contributed by atoms with van der Waals surface area (Å²) < 4.78 is 24.8. The molecule has 2 aromatic rings. The minimum absolute atomic E-state index is 0.0574. The number of anilines is 2. The smallest absolute Gasteiger partial charge is 0.246 e. The number of hydrogen-bond acceptors (Lipinski definition) is 6. The highest BCUT2D eigenvalue weighted by Crippen LogP contribution is 2.23. The van der Waals surface area contributed by atoms with Gasteiger partial charge in [0.15, 0.2) is 9.84 Å². The van der Waals surface area contributed by atoms with Crippen molar-refractivity contribution in [1.29, 1.82) is 0 Å². The number of benzene rings is 1. The van der Waals surface area contributed by atoms with Crippen molar-refractivity contribution in [1.82, 2.24) is 15.2 Å². The van der Waals surface area contributed by atoms with Gasteiger partial charge in [-0.25, -0.2) is 13.5 Å². The first-order chi connectivity index (χ1) is 11.4. The van der Waals surface area contributed by atoms with Gasteiger partial charge in [-0.2, -0.15) is 4.98 Å². The molecule has 1 aromatic carbocycles. The van der Waals surface area contributed by atoms with Crippen molar-refractivity contribution in [2.75, 3.05) is 29.5 Å². The average Bonchev–Trinajstić information content (AvgIpc) is 2.96. The second kappa shape index (κ2) is 6.98. The molecule has 1 aliphatic heterocycles. The molecule has 0 atom stereocenters. The summed E-state index contributed by atoms with van der Waals surface area (Å²) in [6.45, 7) is 1.47. The molecule has 24 heavy (non-hydrogen) atoms. The first kappa shape index (κ1) is 17.0. The van der Waals surface area contributed by atoms with Gasteiger partial charge < -0.3 is 10.6 Å². The van der Waals surface area contributed by atoms with Gasteiger partial charge in [0.1, 0.15) is 0 Å². The van der Waals surface area contributed by atoms with Gasteiger partial charge in [0.05, 0.1) is 11.5 Å². The van der Waals surface area contributed by atoms with Crippen LogP contribution in [0.15, 0.2) is 24.3 Å². The Labute approximate surface area is 146 Å². The standard InChI is InChI=1S/C15H20ClN5O2S/c16-13-3-1-11(2-4-13)9-24(22,23)10-12-5-7-21(8-6-12)15-18-14(17)19-20-15/h1-4,12H,5-10H2,(H3,17,18,19,20). The molecule has 0 amide bonds. The van der Waals surface area contributed by atoms with Crippen LogP contribution in [0.4, 0.5) is 11.9 Å². The van der Waals surface area contributed by atoms with E-state index in [-0.39, 0.29) is 23.4 Å². The lowest BCUT2D eigenvalue weighted by Gasteiger charge is -2.30. The molecule has 3 N–H and O–H groups in total. The van der Waals surface area contributed by atoms with Crippen LogP contribution >= 0.6 is 11.6 Å². The van der Waals surface area contributed by atoms with E-state index in [1.807, 2.05) is 4.90 Å². The quantitative estimate of drug-likeness (QED) is 0.833. The van der Waals surface area contributed by atoms with Crippen LogP contribution in [0.5, 0.6) is 0 Å². The van der Waals surface area contributed by atoms with Gasteiger partial charge in [-0.3, -0.25) is 0 Å². The van der Waals surface area contributed by atoms with E-state index in [0.29, 0.717) is 11.0 Å². The van der Waals surface area contributed by atoms with Crippen LogP contribution in [0.25, 0.3) is 0 Å². The van der Waals surface area contributed by atoms with E-state index in [1.54, 1.807) is 24.3 Å². The SMILES string of the molecule is Nc1nc(N2CCC(CS(=O)(=O)Cc3ccc(Cl)cc3)CC2)n[nH]1. The number of nitrogens with two attached hydrogens (primary N) is 1. The fourth-order valence-electron chi connectivity index (χ4n) is 2.96. The van der Waals surface area contributed by atoms with Gasteiger partial charge in [0.2, 0.25) is 11.9 Å². The molecule has 0 spiro atoms. The molecule has 1 saturated heterocycles. The van der Waals surface area contributed by atoms with Crippen LogP contribution in [-0.2, 0) is 15.6 Å². The molecule has 2 heterocycles. The lowest BCUT2D eigenvalue weighted by Crippen LogP contribution is -2.36. The Morgan fingerprint density at radius 3 is 2.50 bits per heavy atom. The summed E-state index contributed by atoms with van der Waals surface area (Å²) in [6, 6.07) is 6.95. The summed E-state index contributed by atoms with van der Waals surface area (Å²) >= 11 is 5.83. The van der Waals surface area contributed by atoms with E-state index in [2.05, 4.69) is 15.2 Å². The van der Waals surface area contributed by atoms with E-state index >= 15 is 0 Å². The van der Waals surface area contributed by atoms with Crippen molar-refractivity contribution in [3.63, 3.8) is 0 Å². The van der Waals surface area contributed by atoms with E-state index in [4.69, 9.17) is 17.3 Å². The van der Waals surface area contributed by atoms with E-state index in [9.17, 15) is 8.42 Å². The molecule has 0 saturated carbocycles. The zero-order valence-electron chi connectivity index (χ0n) is 13.2. The average molecular weight is 370 g/mol. The number of nitrogens with zero attached hydrogens (tertiary/aromatic N) is 3. The molecule has 1 aliphatic rings. The largest absolute Gasteiger partial charge is 0.368 e. The number of hydrogen-bond donors (Lipinski definition) is 2. The van der Waals surface area contributed by atoms with Gasteiger partial charge in [-0.1, -0.05) is 23.7 Å². The number of sulfone groups is 1. The number of piperidine rings is 1. The van der Waals surface area contributed by atoms with E-state index in [0.717, 1.165) is 31.5 Å². The predicted octanol–water partition coefficient (Wildman–Crippen LogP) is 1.87. The molecule has 0 unspecified atom stereocenters. The first-order valence-electron chi connectivity index (χ1n) is 7.79. The van der Waals surface area contributed by atoms with Crippen LogP contribution in [0, 0.1) is 5.92 Å². The van der Waals surface area contributed by atoms with Gasteiger partial charge in [-0.05, 0) is 36.5 Å². The molecule has 1 fully saturated rings. The maximum absolute atomic E-state index is 12.4. The third kappa shape index (κ3) is 4.39. The lowest BCUT2D eigenvalue weighted by molar-refractivity contribution is 0.432. The summed E-state index contributed by atoms with van der Waals surface area (Å²) in [7, 11) is -3.14. The molecule has 0 radical (unpaired) electrons. The topological polar surface area (TPSA) is 105 Å². The number of aromatic amines is 1. The number of nitrogens with one attached hydrogen (secondary N) is 1. The van der Waals surface area contributed by atoms with Gasteiger partial charge in [0, 0.05) is 18.1 Å². The fraction of sp³-hybridized carbons (Fsp3) is 0.467. The van der Waals surface area contributed by atoms with E-state index in [1.165, 1.54) is 0 Å². The minimum atomic E-state index is -3.14. The van der Waals surface area contributed by atoms with Crippen molar-refractivity contribution in [2.24, 2.45) is 5.92 Å². The van der Waals surface area contributed by atoms with Crippen molar-refractivity contribution in [2.45, 2.75) is 18.6 Å². The lowest BCUT2D eigenvalue weighted by atomic mass is 9.99. The zero-order valence-corrected chi connectivity index (χ0v) is 14.7. The Hall–Kier alpha value is -1.80. The summed E-state index contributed by atoms with van der Waals surface area (Å²) in [4.78, 5) is 6.13. The van der Waals surface area contributed by atoms with Crippen LogP contribution in [0.1, 0.15) is 18.4 Å². The second-order valence-corrected chi connectivity index (χ2v) is 8.68. The van der Waals surface area contributed by atoms with Crippen molar-refractivity contribution in [3.8, 4) is 0 Å². The van der Waals surface area contributed by atoms with Crippen molar-refractivity contribution < 1.29 is 8.42 Å². The molecule has 0 bridgehead atoms. The Balaban J connectivity index is 1.54. The number of rotatable bonds is 5. The van der Waals surface area contributed by atoms with Crippen molar-refractivity contribution >= 4 is 33.3 Å². The Bertz CT molecular complexity index is 782. The Morgan fingerprint density at radius 2 is 1.92 bits per heavy atom. The second-order valence-electron chi connectivity index (χ2n) is 6.13. The monoisotopic (exact) mass is 369 g/mol. The number of halogens is 1. The molecule has 7 nitrogen and oxygen atoms in total. The predicted molar refractivity (Wildman–Crippen MR) is 94.7 cm³/mol. The number of H-pyrrole nitrogens is 1. The minimum Gasteiger partial charge on any atom is -0.368 e. The molecule has 3 rings (SSSR count). The summed E-state index contributed by atoms with van der Waals surface area (Å²) in [5.74, 6) is 1.30. The summed E-state index contributed by atoms with van der Waals surface area (Å²) in [5.41, 5.74) is 6.31. The Kier molecular flexibility index (Phi) is 4.96. The maximum Gasteiger partial charge on any atom is 0.246 e. The summed E-state index contributed by atoms with van der Waals surface area (Å²) in [6.07, 6.45) is 1.60. The highest BCUT2D eigenvalue weighted by molar-refractivity contribution is 7.90. The van der Waals surface area contributed by atoms with Gasteiger partial charge in [0.25, 0.3) is 0 Å². The van der Waals surface area contributed by atoms with Gasteiger partial charge in [-0.15, -0.1) is 5.10 Å². The van der Waals surface area contributed by atoms with Crippen molar-refractivity contribution in [3.05, 3.63) is 34.9 Å². The van der Waals surface area contributed by atoms with Crippen LogP contribution < -0.4 is 10.6 Å². The summed E-state index contributed by atoms with van der Waals surface area (Å²) in [5, 5.41) is 7.26. The normalized spacial score (nSPS) is 16.5. The van der Waals surface area contributed by atoms with E-state index < -0.39 is 9.84 Å². The number of aromatic nitrogens is 3. The van der Waals surface area contributed by atoms with Crippen LogP contribution in [0.3, 0.4) is 0 Å². The zero-order chi connectivity index (χ0) is 17.2. The molecule has 1 aromatic heterocycles. The highest BCUT2D eigenvalue weighted by atomic mass is 35.5. The van der Waals surface area contributed by atoms with Gasteiger partial charge >= 0.3 is 0 Å². The molecule has 0 aliphatic carbocycles. The molecular formula is C15H20ClN5O2S. The number of nitrogen functional groups attached to an aromatic ring is 1. The molecular weight excluding hydrogens is 350 g/mol. The first-order valence-corrected chi connectivity index (χ1v) is 9.99. The highest BCUT2D eigenvalue weighted by Gasteiger charge is 2.26. The molecule has 130 valence electrons. The molecule has 9 heteroatoms. The third-order valence-corrected chi connectivity index (χ3v) is 6.18. The Morgan fingerprint density at radius 1 is 1.25 bits per heavy atom. The van der Waals surface area contributed by atoms with Crippen LogP contribution in [0.2, 0.25) is 5.02 Å².